The Morgan fingerprint density at radius 3 is 1.44 bits per heavy atom. The van der Waals surface area contributed by atoms with Crippen LogP contribution in [-0.2, 0) is 26.4 Å². The van der Waals surface area contributed by atoms with E-state index < -0.39 is 0 Å². The molecular weight excluding hydrogens is 639 g/mol. The standard InChI is InChI=1S/2C14H11N3O3S.Co/c2*1-20-9-3-5-11-13(7-9)21-14(15-11)17-16-10-4-2-8(18)6-12(10)19;/h2*2-7H,1H3,(H2,15,17,18,19);/q;;+2/p-2. The minimum Gasteiger partial charge on any atom is -0.506 e. The van der Waals surface area contributed by atoms with Crippen LogP contribution in [0.5, 0.6) is 11.5 Å². The summed E-state index contributed by atoms with van der Waals surface area (Å²) < 4.78 is 12.2. The number of aromatic nitrogens is 2. The maximum atomic E-state index is 11.0. The van der Waals surface area contributed by atoms with Crippen LogP contribution in [0.15, 0.2) is 105 Å². The van der Waals surface area contributed by atoms with Gasteiger partial charge in [-0.3, -0.25) is 19.8 Å². The molecular formula is C28H20CoN6O6S2. The predicted molar refractivity (Wildman–Crippen MR) is 159 cm³/mol. The number of benzene rings is 2. The van der Waals surface area contributed by atoms with E-state index in [1.54, 1.807) is 14.2 Å². The number of carbonyl (C=O) groups is 2. The maximum Gasteiger partial charge on any atom is 2.00 e. The number of allylic oxidation sites excluding steroid dienone is 6. The van der Waals surface area contributed by atoms with Crippen molar-refractivity contribution in [3.8, 4) is 11.5 Å². The number of thiazole rings is 2. The van der Waals surface area contributed by atoms with Crippen LogP contribution in [0.1, 0.15) is 0 Å². The fourth-order valence-electron chi connectivity index (χ4n) is 3.49. The molecule has 15 heteroatoms. The first-order valence-electron chi connectivity index (χ1n) is 12.0. The SMILES string of the molecule is COc1ccc2[n-]/c(=N\N=C3/C=CC(=O)C=C3O)sc2c1.COc1ccc2[n-]/c(=N\N=C3/C=CC(=O)C=C3O)sc2c1.[Co+2]. The quantitative estimate of drug-likeness (QED) is 0.248. The van der Waals surface area contributed by atoms with Crippen LogP contribution in [0.4, 0.5) is 0 Å². The second-order valence-corrected chi connectivity index (χ2v) is 10.4. The van der Waals surface area contributed by atoms with E-state index in [1.165, 1.54) is 47.0 Å². The number of fused-ring (bicyclic) bond motifs is 2. The number of carbonyl (C=O) groups excluding carboxylic acids is 2. The molecule has 0 amide bonds. The summed E-state index contributed by atoms with van der Waals surface area (Å²) in [6.07, 6.45) is 7.65. The second kappa shape index (κ2) is 13.9. The summed E-state index contributed by atoms with van der Waals surface area (Å²) in [5.41, 5.74) is 2.06. The molecule has 12 nitrogen and oxygen atoms in total. The first kappa shape index (κ1) is 31.1. The summed E-state index contributed by atoms with van der Waals surface area (Å²) >= 11 is 2.72. The molecule has 6 rings (SSSR count). The second-order valence-electron chi connectivity index (χ2n) is 8.36. The first-order valence-corrected chi connectivity index (χ1v) is 13.7. The van der Waals surface area contributed by atoms with E-state index in [0.29, 0.717) is 9.60 Å². The van der Waals surface area contributed by atoms with Crippen LogP contribution in [-0.4, -0.2) is 47.4 Å². The fourth-order valence-corrected chi connectivity index (χ4v) is 5.13. The molecule has 0 atom stereocenters. The molecule has 0 aliphatic heterocycles. The summed E-state index contributed by atoms with van der Waals surface area (Å²) in [4.78, 5) is 31.6. The summed E-state index contributed by atoms with van der Waals surface area (Å²) in [6.45, 7) is 0. The Labute approximate surface area is 261 Å². The molecule has 1 radical (unpaired) electrons. The van der Waals surface area contributed by atoms with Gasteiger partial charge in [0.05, 0.1) is 14.2 Å². The zero-order valence-electron chi connectivity index (χ0n) is 22.3. The molecule has 2 aromatic heterocycles. The molecule has 219 valence electrons. The molecule has 2 heterocycles. The number of hydrogen-bond acceptors (Lipinski definition) is 12. The summed E-state index contributed by atoms with van der Waals surface area (Å²) in [7, 11) is 3.20. The average molecular weight is 660 g/mol. The van der Waals surface area contributed by atoms with Gasteiger partial charge in [-0.15, -0.1) is 22.7 Å². The van der Waals surface area contributed by atoms with Crippen molar-refractivity contribution in [2.24, 2.45) is 20.4 Å². The third-order valence-corrected chi connectivity index (χ3v) is 7.35. The van der Waals surface area contributed by atoms with Crippen molar-refractivity contribution in [3.63, 3.8) is 0 Å². The predicted octanol–water partition coefficient (Wildman–Crippen LogP) is 3.41. The van der Waals surface area contributed by atoms with Gasteiger partial charge < -0.3 is 39.9 Å². The topological polar surface area (TPSA) is 171 Å². The molecule has 2 aliphatic rings. The Hall–Kier alpha value is -4.83. The molecule has 2 N–H and O–H groups in total. The van der Waals surface area contributed by atoms with E-state index in [9.17, 15) is 19.8 Å². The summed E-state index contributed by atoms with van der Waals surface area (Å²) in [5, 5.41) is 35.0. The van der Waals surface area contributed by atoms with Gasteiger partial charge in [0.15, 0.2) is 11.6 Å². The van der Waals surface area contributed by atoms with Gasteiger partial charge in [-0.25, -0.2) is 0 Å². The molecule has 0 bridgehead atoms. The van der Waals surface area contributed by atoms with Crippen molar-refractivity contribution in [1.82, 2.24) is 9.97 Å². The summed E-state index contributed by atoms with van der Waals surface area (Å²) in [6, 6.07) is 11.1. The van der Waals surface area contributed by atoms with E-state index in [0.717, 1.165) is 44.1 Å². The van der Waals surface area contributed by atoms with Crippen molar-refractivity contribution < 1.29 is 46.1 Å². The van der Waals surface area contributed by atoms with Gasteiger partial charge in [0.1, 0.15) is 34.4 Å². The molecule has 0 saturated carbocycles. The van der Waals surface area contributed by atoms with Crippen LogP contribution < -0.4 is 29.0 Å². The zero-order chi connectivity index (χ0) is 29.6. The normalized spacial score (nSPS) is 17.2. The van der Waals surface area contributed by atoms with E-state index >= 15 is 0 Å². The average Bonchev–Trinajstić information content (AvgIpc) is 3.59. The van der Waals surface area contributed by atoms with Gasteiger partial charge in [-0.1, -0.05) is 12.1 Å². The number of aliphatic hydroxyl groups is 2. The minimum absolute atomic E-state index is 0. The maximum absolute atomic E-state index is 11.0. The van der Waals surface area contributed by atoms with Crippen molar-refractivity contribution in [2.45, 2.75) is 0 Å². The molecule has 2 aromatic carbocycles. The van der Waals surface area contributed by atoms with Gasteiger partial charge in [0.2, 0.25) is 0 Å². The number of methoxy groups -OCH3 is 2. The Bertz CT molecular complexity index is 1890. The number of rotatable bonds is 4. The molecule has 0 unspecified atom stereocenters. The minimum atomic E-state index is -0.279. The van der Waals surface area contributed by atoms with Gasteiger partial charge in [0.25, 0.3) is 0 Å². The molecule has 0 saturated heterocycles. The number of nitrogens with zero attached hydrogens (tertiary/aromatic N) is 6. The Balaban J connectivity index is 0.000000192. The molecule has 0 spiro atoms. The van der Waals surface area contributed by atoms with Crippen molar-refractivity contribution in [3.05, 3.63) is 94.0 Å². The van der Waals surface area contributed by atoms with Crippen LogP contribution in [0.25, 0.3) is 20.4 Å². The first-order chi connectivity index (χ1) is 20.3. The van der Waals surface area contributed by atoms with E-state index in [-0.39, 0.29) is 51.3 Å². The smallest absolute Gasteiger partial charge is 0.506 e. The van der Waals surface area contributed by atoms with E-state index in [2.05, 4.69) is 30.4 Å². The van der Waals surface area contributed by atoms with Crippen molar-refractivity contribution in [2.75, 3.05) is 14.2 Å². The zero-order valence-corrected chi connectivity index (χ0v) is 25.0. The molecule has 2 aliphatic carbocycles. The van der Waals surface area contributed by atoms with Gasteiger partial charge in [-0.05, 0) is 59.6 Å². The Kier molecular flexibility index (Phi) is 10.0. The number of hydrogen-bond donors (Lipinski definition) is 2. The van der Waals surface area contributed by atoms with Crippen LogP contribution in [0.3, 0.4) is 0 Å². The van der Waals surface area contributed by atoms with E-state index in [4.69, 9.17) is 9.47 Å². The Morgan fingerprint density at radius 1 is 0.651 bits per heavy atom. The van der Waals surface area contributed by atoms with E-state index in [1.807, 2.05) is 36.4 Å². The molecule has 4 aromatic rings. The fraction of sp³-hybridized carbons (Fsp3) is 0.0714. The van der Waals surface area contributed by atoms with Crippen LogP contribution in [0, 0.1) is 0 Å². The number of ether oxygens (including phenoxy) is 2. The third-order valence-electron chi connectivity index (χ3n) is 5.55. The summed E-state index contributed by atoms with van der Waals surface area (Å²) in [5.74, 6) is 0.539. The van der Waals surface area contributed by atoms with Crippen LogP contribution in [0.2, 0.25) is 0 Å². The van der Waals surface area contributed by atoms with Gasteiger partial charge in [-0.2, -0.15) is 0 Å². The third kappa shape index (κ3) is 7.72. The van der Waals surface area contributed by atoms with Gasteiger partial charge in [0, 0.05) is 31.2 Å². The Morgan fingerprint density at radius 2 is 1.07 bits per heavy atom. The van der Waals surface area contributed by atoms with Crippen molar-refractivity contribution in [1.29, 1.82) is 0 Å². The number of ketones is 2. The molecule has 43 heavy (non-hydrogen) atoms. The largest absolute Gasteiger partial charge is 2.00 e. The molecule has 0 fully saturated rings. The van der Waals surface area contributed by atoms with Gasteiger partial charge >= 0.3 is 16.8 Å². The van der Waals surface area contributed by atoms with Crippen LogP contribution >= 0.6 is 22.7 Å². The monoisotopic (exact) mass is 659 g/mol. The number of aliphatic hydroxyl groups excluding tert-OH is 2. The van der Waals surface area contributed by atoms with Crippen molar-refractivity contribution >= 4 is 66.1 Å².